The summed E-state index contributed by atoms with van der Waals surface area (Å²) in [6.45, 7) is 5.80. The fraction of sp³-hybridized carbons (Fsp3) is 0.467. The van der Waals surface area contributed by atoms with Crippen LogP contribution in [0.2, 0.25) is 10.0 Å². The van der Waals surface area contributed by atoms with Crippen molar-refractivity contribution in [3.8, 4) is 5.69 Å². The van der Waals surface area contributed by atoms with Gasteiger partial charge in [-0.25, -0.2) is 4.68 Å². The topological polar surface area (TPSA) is 60.0 Å². The Morgan fingerprint density at radius 3 is 2.82 bits per heavy atom. The molecule has 1 aromatic heterocycles. The molecular formula is C15H19Cl2N5. The molecule has 0 radical (unpaired) electrons. The number of hydrogen-bond donors (Lipinski definition) is 1. The van der Waals surface area contributed by atoms with Crippen LogP contribution in [-0.4, -0.2) is 39.5 Å². The number of nitrogens with two attached hydrogens (primary N) is 1. The highest BCUT2D eigenvalue weighted by Gasteiger charge is 2.32. The molecule has 2 heterocycles. The minimum absolute atomic E-state index is 0.222. The number of benzene rings is 1. The molecule has 7 heteroatoms. The van der Waals surface area contributed by atoms with Gasteiger partial charge in [-0.15, -0.1) is 5.10 Å². The molecule has 1 aliphatic heterocycles. The van der Waals surface area contributed by atoms with E-state index in [0.29, 0.717) is 10.0 Å². The van der Waals surface area contributed by atoms with Gasteiger partial charge in [0.1, 0.15) is 0 Å². The third-order valence-electron chi connectivity index (χ3n) is 4.22. The van der Waals surface area contributed by atoms with Crippen LogP contribution in [0, 0.1) is 5.41 Å². The molecule has 1 unspecified atom stereocenters. The summed E-state index contributed by atoms with van der Waals surface area (Å²) in [6.07, 6.45) is 3.06. The molecule has 1 saturated heterocycles. The second-order valence-corrected chi connectivity index (χ2v) is 7.04. The highest BCUT2D eigenvalue weighted by atomic mass is 35.5. The maximum Gasteiger partial charge on any atom is 0.0971 e. The predicted molar refractivity (Wildman–Crippen MR) is 88.4 cm³/mol. The highest BCUT2D eigenvalue weighted by Crippen LogP contribution is 2.29. The van der Waals surface area contributed by atoms with Crippen LogP contribution >= 0.6 is 23.2 Å². The van der Waals surface area contributed by atoms with Gasteiger partial charge in [-0.2, -0.15) is 0 Å². The Balaban J connectivity index is 1.70. The Labute approximate surface area is 140 Å². The summed E-state index contributed by atoms with van der Waals surface area (Å²) >= 11 is 12.0. The summed E-state index contributed by atoms with van der Waals surface area (Å²) < 4.78 is 1.72. The van der Waals surface area contributed by atoms with E-state index in [-0.39, 0.29) is 5.41 Å². The lowest BCUT2D eigenvalue weighted by Crippen LogP contribution is -2.31. The number of likely N-dealkylation sites (tertiary alicyclic amines) is 1. The second kappa shape index (κ2) is 6.16. The van der Waals surface area contributed by atoms with Crippen molar-refractivity contribution < 1.29 is 0 Å². The van der Waals surface area contributed by atoms with Crippen LogP contribution in [-0.2, 0) is 6.54 Å². The third-order valence-corrected chi connectivity index (χ3v) is 4.96. The average molecular weight is 340 g/mol. The van der Waals surface area contributed by atoms with Crippen LogP contribution in [0.25, 0.3) is 5.69 Å². The van der Waals surface area contributed by atoms with Gasteiger partial charge in [0.25, 0.3) is 0 Å². The van der Waals surface area contributed by atoms with E-state index in [1.807, 2.05) is 12.3 Å². The molecule has 22 heavy (non-hydrogen) atoms. The van der Waals surface area contributed by atoms with Gasteiger partial charge in [-0.1, -0.05) is 35.3 Å². The van der Waals surface area contributed by atoms with Crippen LogP contribution in [0.15, 0.2) is 24.4 Å². The molecule has 1 aliphatic rings. The SMILES string of the molecule is CC1(CN)CCN(Cc2cn(-c3ccc(Cl)c(Cl)c3)nn2)C1. The maximum atomic E-state index is 6.04. The van der Waals surface area contributed by atoms with Crippen molar-refractivity contribution in [2.24, 2.45) is 11.1 Å². The molecule has 5 nitrogen and oxygen atoms in total. The molecule has 3 rings (SSSR count). The van der Waals surface area contributed by atoms with Gasteiger partial charge in [0.15, 0.2) is 0 Å². The van der Waals surface area contributed by atoms with E-state index in [1.54, 1.807) is 16.8 Å². The Bertz CT molecular complexity index is 672. The first kappa shape index (κ1) is 15.7. The standard InChI is InChI=1S/C15H19Cl2N5/c1-15(9-18)4-5-21(10-15)7-11-8-22(20-19-11)12-2-3-13(16)14(17)6-12/h2-3,6,8H,4-5,7,9-10,18H2,1H3. The Morgan fingerprint density at radius 1 is 1.32 bits per heavy atom. The molecule has 0 bridgehead atoms. The van der Waals surface area contributed by atoms with E-state index in [0.717, 1.165) is 44.0 Å². The fourth-order valence-electron chi connectivity index (χ4n) is 2.78. The quantitative estimate of drug-likeness (QED) is 0.930. The highest BCUT2D eigenvalue weighted by molar-refractivity contribution is 6.42. The van der Waals surface area contributed by atoms with Crippen molar-refractivity contribution >= 4 is 23.2 Å². The normalized spacial score (nSPS) is 22.4. The number of nitrogens with zero attached hydrogens (tertiary/aromatic N) is 4. The van der Waals surface area contributed by atoms with Crippen LogP contribution < -0.4 is 5.73 Å². The molecule has 0 aliphatic carbocycles. The molecule has 0 spiro atoms. The van der Waals surface area contributed by atoms with Crippen LogP contribution in [0.5, 0.6) is 0 Å². The third kappa shape index (κ3) is 3.27. The van der Waals surface area contributed by atoms with E-state index in [9.17, 15) is 0 Å². The molecule has 0 amide bonds. The zero-order valence-corrected chi connectivity index (χ0v) is 14.0. The predicted octanol–water partition coefficient (Wildman–Crippen LogP) is 2.74. The van der Waals surface area contributed by atoms with Gasteiger partial charge in [-0.3, -0.25) is 4.90 Å². The maximum absolute atomic E-state index is 6.04. The summed E-state index contributed by atoms with van der Waals surface area (Å²) in [5.41, 5.74) is 7.86. The number of aromatic nitrogens is 3. The lowest BCUT2D eigenvalue weighted by atomic mass is 9.90. The molecule has 1 atom stereocenters. The van der Waals surface area contributed by atoms with Gasteiger partial charge in [-0.05, 0) is 43.1 Å². The molecule has 1 aromatic carbocycles. The molecule has 1 fully saturated rings. The number of halogens is 2. The van der Waals surface area contributed by atoms with E-state index in [2.05, 4.69) is 22.1 Å². The molecule has 2 aromatic rings. The van der Waals surface area contributed by atoms with Gasteiger partial charge >= 0.3 is 0 Å². The zero-order valence-electron chi connectivity index (χ0n) is 12.5. The lowest BCUT2D eigenvalue weighted by molar-refractivity contribution is 0.272. The first-order valence-electron chi connectivity index (χ1n) is 7.28. The van der Waals surface area contributed by atoms with Crippen molar-refractivity contribution in [1.82, 2.24) is 19.9 Å². The molecule has 2 N–H and O–H groups in total. The molecule has 118 valence electrons. The van der Waals surface area contributed by atoms with Crippen LogP contribution in [0.1, 0.15) is 19.0 Å². The van der Waals surface area contributed by atoms with E-state index >= 15 is 0 Å². The number of hydrogen-bond acceptors (Lipinski definition) is 4. The second-order valence-electron chi connectivity index (χ2n) is 6.23. The van der Waals surface area contributed by atoms with E-state index in [4.69, 9.17) is 28.9 Å². The van der Waals surface area contributed by atoms with E-state index in [1.165, 1.54) is 0 Å². The smallest absolute Gasteiger partial charge is 0.0971 e. The first-order valence-corrected chi connectivity index (χ1v) is 8.04. The minimum atomic E-state index is 0.222. The summed E-state index contributed by atoms with van der Waals surface area (Å²) in [6, 6.07) is 5.41. The summed E-state index contributed by atoms with van der Waals surface area (Å²) in [7, 11) is 0. The van der Waals surface area contributed by atoms with Gasteiger partial charge in [0.2, 0.25) is 0 Å². The lowest BCUT2D eigenvalue weighted by Gasteiger charge is -2.21. The van der Waals surface area contributed by atoms with Crippen molar-refractivity contribution in [2.45, 2.75) is 19.9 Å². The fourth-order valence-corrected chi connectivity index (χ4v) is 3.07. The van der Waals surface area contributed by atoms with Crippen molar-refractivity contribution in [3.63, 3.8) is 0 Å². The minimum Gasteiger partial charge on any atom is -0.330 e. The van der Waals surface area contributed by atoms with Crippen molar-refractivity contribution in [3.05, 3.63) is 40.1 Å². The zero-order chi connectivity index (χ0) is 15.7. The Hall–Kier alpha value is -1.14. The van der Waals surface area contributed by atoms with Crippen molar-refractivity contribution in [2.75, 3.05) is 19.6 Å². The molecular weight excluding hydrogens is 321 g/mol. The summed E-state index contributed by atoms with van der Waals surface area (Å²) in [4.78, 5) is 2.37. The van der Waals surface area contributed by atoms with E-state index < -0.39 is 0 Å². The van der Waals surface area contributed by atoms with Crippen molar-refractivity contribution in [1.29, 1.82) is 0 Å². The monoisotopic (exact) mass is 339 g/mol. The Kier molecular flexibility index (Phi) is 4.41. The van der Waals surface area contributed by atoms with Gasteiger partial charge < -0.3 is 5.73 Å². The Morgan fingerprint density at radius 2 is 2.14 bits per heavy atom. The van der Waals surface area contributed by atoms with Gasteiger partial charge in [0, 0.05) is 13.1 Å². The van der Waals surface area contributed by atoms with Crippen LogP contribution in [0.4, 0.5) is 0 Å². The summed E-state index contributed by atoms with van der Waals surface area (Å²) in [5, 5.41) is 9.46. The van der Waals surface area contributed by atoms with Crippen LogP contribution in [0.3, 0.4) is 0 Å². The largest absolute Gasteiger partial charge is 0.330 e. The first-order chi connectivity index (χ1) is 10.5. The summed E-state index contributed by atoms with van der Waals surface area (Å²) in [5.74, 6) is 0. The number of rotatable bonds is 4. The average Bonchev–Trinajstić information content (AvgIpc) is 3.10. The van der Waals surface area contributed by atoms with Gasteiger partial charge in [0.05, 0.1) is 27.6 Å². The molecule has 0 saturated carbocycles.